The van der Waals surface area contributed by atoms with Crippen LogP contribution in [0.1, 0.15) is 6.42 Å². The molecular formula is C11H9FN2O2. The fourth-order valence-corrected chi connectivity index (χ4v) is 1.53. The van der Waals surface area contributed by atoms with Crippen molar-refractivity contribution in [3.63, 3.8) is 0 Å². The maximum absolute atomic E-state index is 12.7. The fraction of sp³-hybridized carbons (Fsp3) is 0.273. The molecule has 1 fully saturated rings. The second kappa shape index (κ2) is 4.19. The smallest absolute Gasteiger partial charge is 0.415 e. The number of benzene rings is 1. The largest absolute Gasteiger partial charge is 0.430 e. The van der Waals surface area contributed by atoms with Crippen molar-refractivity contribution >= 4 is 11.8 Å². The zero-order valence-electron chi connectivity index (χ0n) is 8.39. The molecule has 1 unspecified atom stereocenters. The molecule has 0 radical (unpaired) electrons. The summed E-state index contributed by atoms with van der Waals surface area (Å²) in [6.45, 7) is 0.405. The first-order valence-electron chi connectivity index (χ1n) is 4.84. The predicted octanol–water partition coefficient (Wildman–Crippen LogP) is 2.06. The first-order chi connectivity index (χ1) is 7.70. The highest BCUT2D eigenvalue weighted by Gasteiger charge is 2.27. The molecule has 1 aliphatic rings. The fourth-order valence-electron chi connectivity index (χ4n) is 1.53. The Bertz CT molecular complexity index is 438. The highest BCUT2D eigenvalue weighted by atomic mass is 19.1. The summed E-state index contributed by atoms with van der Waals surface area (Å²) in [4.78, 5) is 12.9. The normalized spacial score (nSPS) is 20.1. The third kappa shape index (κ3) is 1.96. The van der Waals surface area contributed by atoms with Crippen molar-refractivity contribution in [3.8, 4) is 6.07 Å². The number of carbonyl (C=O) groups excluding carboxylic acids is 1. The molecule has 16 heavy (non-hydrogen) atoms. The summed E-state index contributed by atoms with van der Waals surface area (Å²) in [6.07, 6.45) is -0.784. The maximum atomic E-state index is 12.7. The second-order valence-corrected chi connectivity index (χ2v) is 3.42. The highest BCUT2D eigenvalue weighted by molar-refractivity contribution is 5.88. The Labute approximate surface area is 91.8 Å². The Hall–Kier alpha value is -2.09. The van der Waals surface area contributed by atoms with Crippen LogP contribution in [-0.4, -0.2) is 18.7 Å². The van der Waals surface area contributed by atoms with Crippen molar-refractivity contribution < 1.29 is 13.9 Å². The number of nitriles is 1. The Morgan fingerprint density at radius 3 is 2.69 bits per heavy atom. The number of halogens is 1. The van der Waals surface area contributed by atoms with Crippen molar-refractivity contribution in [1.29, 1.82) is 5.26 Å². The lowest BCUT2D eigenvalue weighted by Gasteiger charge is -2.28. The standard InChI is InChI=1S/C11H9FN2O2/c12-8-1-3-9(4-2-8)14-6-5-10(7-13)16-11(14)15/h1-4,10H,5-6H2. The minimum absolute atomic E-state index is 0.357. The zero-order chi connectivity index (χ0) is 11.5. The Balaban J connectivity index is 2.15. The lowest BCUT2D eigenvalue weighted by Crippen LogP contribution is -2.41. The minimum Gasteiger partial charge on any atom is -0.430 e. The number of cyclic esters (lactones) is 1. The Kier molecular flexibility index (Phi) is 2.73. The molecule has 1 aromatic carbocycles. The molecule has 1 saturated heterocycles. The predicted molar refractivity (Wildman–Crippen MR) is 54.2 cm³/mol. The molecule has 1 aliphatic heterocycles. The van der Waals surface area contributed by atoms with Crippen LogP contribution in [0.4, 0.5) is 14.9 Å². The summed E-state index contributed by atoms with van der Waals surface area (Å²) in [5.74, 6) is -0.357. The number of anilines is 1. The minimum atomic E-state index is -0.677. The molecule has 0 saturated carbocycles. The van der Waals surface area contributed by atoms with Gasteiger partial charge in [-0.2, -0.15) is 5.26 Å². The van der Waals surface area contributed by atoms with Crippen LogP contribution in [0.2, 0.25) is 0 Å². The zero-order valence-corrected chi connectivity index (χ0v) is 8.39. The quantitative estimate of drug-likeness (QED) is 0.727. The van der Waals surface area contributed by atoms with Crippen LogP contribution in [-0.2, 0) is 4.74 Å². The number of ether oxygens (including phenoxy) is 1. The van der Waals surface area contributed by atoms with Gasteiger partial charge in [-0.15, -0.1) is 0 Å². The van der Waals surface area contributed by atoms with E-state index in [1.54, 1.807) is 0 Å². The molecule has 1 heterocycles. The van der Waals surface area contributed by atoms with Crippen LogP contribution in [0.3, 0.4) is 0 Å². The number of rotatable bonds is 1. The second-order valence-electron chi connectivity index (χ2n) is 3.42. The van der Waals surface area contributed by atoms with Gasteiger partial charge in [0.2, 0.25) is 0 Å². The van der Waals surface area contributed by atoms with E-state index in [-0.39, 0.29) is 5.82 Å². The molecule has 5 heteroatoms. The molecular weight excluding hydrogens is 211 g/mol. The van der Waals surface area contributed by atoms with E-state index in [9.17, 15) is 9.18 Å². The lowest BCUT2D eigenvalue weighted by atomic mass is 10.2. The molecule has 2 rings (SSSR count). The van der Waals surface area contributed by atoms with E-state index in [0.29, 0.717) is 18.7 Å². The van der Waals surface area contributed by atoms with Gasteiger partial charge in [-0.05, 0) is 24.3 Å². The van der Waals surface area contributed by atoms with E-state index >= 15 is 0 Å². The van der Waals surface area contributed by atoms with Gasteiger partial charge in [-0.25, -0.2) is 9.18 Å². The molecule has 1 atom stereocenters. The van der Waals surface area contributed by atoms with Crippen LogP contribution < -0.4 is 4.90 Å². The van der Waals surface area contributed by atoms with Gasteiger partial charge < -0.3 is 4.74 Å². The summed E-state index contributed by atoms with van der Waals surface area (Å²) in [5, 5.41) is 8.61. The van der Waals surface area contributed by atoms with E-state index in [4.69, 9.17) is 10.00 Å². The van der Waals surface area contributed by atoms with Crippen LogP contribution in [0.5, 0.6) is 0 Å². The van der Waals surface area contributed by atoms with Gasteiger partial charge in [0.05, 0.1) is 0 Å². The number of hydrogen-bond donors (Lipinski definition) is 0. The molecule has 1 aromatic rings. The van der Waals surface area contributed by atoms with Crippen molar-refractivity contribution in [1.82, 2.24) is 0 Å². The summed E-state index contributed by atoms with van der Waals surface area (Å²) in [6, 6.07) is 7.45. The number of hydrogen-bond acceptors (Lipinski definition) is 3. The molecule has 1 amide bonds. The number of carbonyl (C=O) groups is 1. The maximum Gasteiger partial charge on any atom is 0.415 e. The van der Waals surface area contributed by atoms with E-state index < -0.39 is 12.2 Å². The van der Waals surface area contributed by atoms with Gasteiger partial charge in [0.1, 0.15) is 11.9 Å². The van der Waals surface area contributed by atoms with Gasteiger partial charge >= 0.3 is 6.09 Å². The topological polar surface area (TPSA) is 53.3 Å². The van der Waals surface area contributed by atoms with Gasteiger partial charge in [0, 0.05) is 18.7 Å². The molecule has 0 spiro atoms. The van der Waals surface area contributed by atoms with Crippen molar-refractivity contribution in [2.75, 3.05) is 11.4 Å². The Morgan fingerprint density at radius 1 is 1.44 bits per heavy atom. The third-order valence-electron chi connectivity index (χ3n) is 2.36. The first kappa shape index (κ1) is 10.4. The van der Waals surface area contributed by atoms with Crippen LogP contribution in [0, 0.1) is 17.1 Å². The Morgan fingerprint density at radius 2 is 2.12 bits per heavy atom. The lowest BCUT2D eigenvalue weighted by molar-refractivity contribution is 0.111. The van der Waals surface area contributed by atoms with E-state index in [1.165, 1.54) is 29.2 Å². The third-order valence-corrected chi connectivity index (χ3v) is 2.36. The molecule has 0 aliphatic carbocycles. The summed E-state index contributed by atoms with van der Waals surface area (Å²) in [5.41, 5.74) is 0.572. The number of amides is 1. The molecule has 82 valence electrons. The summed E-state index contributed by atoms with van der Waals surface area (Å²) >= 11 is 0. The van der Waals surface area contributed by atoms with E-state index in [0.717, 1.165) is 0 Å². The van der Waals surface area contributed by atoms with Gasteiger partial charge in [0.15, 0.2) is 6.10 Å². The SMILES string of the molecule is N#CC1CCN(c2ccc(F)cc2)C(=O)O1. The van der Waals surface area contributed by atoms with Crippen LogP contribution in [0.25, 0.3) is 0 Å². The summed E-state index contributed by atoms with van der Waals surface area (Å²) < 4.78 is 17.6. The number of nitrogens with zero attached hydrogens (tertiary/aromatic N) is 2. The van der Waals surface area contributed by atoms with E-state index in [1.807, 2.05) is 6.07 Å². The highest BCUT2D eigenvalue weighted by Crippen LogP contribution is 2.20. The average molecular weight is 220 g/mol. The molecule has 0 N–H and O–H groups in total. The van der Waals surface area contributed by atoms with Crippen LogP contribution in [0.15, 0.2) is 24.3 Å². The van der Waals surface area contributed by atoms with Crippen molar-refractivity contribution in [2.45, 2.75) is 12.5 Å². The molecule has 0 aromatic heterocycles. The summed E-state index contributed by atoms with van der Waals surface area (Å²) in [7, 11) is 0. The molecule has 0 bridgehead atoms. The van der Waals surface area contributed by atoms with Gasteiger partial charge in [-0.1, -0.05) is 0 Å². The molecule has 4 nitrogen and oxygen atoms in total. The first-order valence-corrected chi connectivity index (χ1v) is 4.84. The van der Waals surface area contributed by atoms with Crippen molar-refractivity contribution in [3.05, 3.63) is 30.1 Å². The van der Waals surface area contributed by atoms with Crippen LogP contribution >= 0.6 is 0 Å². The van der Waals surface area contributed by atoms with Crippen molar-refractivity contribution in [2.24, 2.45) is 0 Å². The van der Waals surface area contributed by atoms with E-state index in [2.05, 4.69) is 0 Å². The average Bonchev–Trinajstić information content (AvgIpc) is 2.30. The van der Waals surface area contributed by atoms with Gasteiger partial charge in [0.25, 0.3) is 0 Å². The monoisotopic (exact) mass is 220 g/mol. The van der Waals surface area contributed by atoms with Gasteiger partial charge in [-0.3, -0.25) is 4.90 Å².